The number of nitro benzene ring substituents is 1. The van der Waals surface area contributed by atoms with Crippen molar-refractivity contribution >= 4 is 23.3 Å². The summed E-state index contributed by atoms with van der Waals surface area (Å²) in [5.74, 6) is 2.02. The van der Waals surface area contributed by atoms with Crippen LogP contribution in [0.4, 0.5) is 16.2 Å². The fourth-order valence-electron chi connectivity index (χ4n) is 6.35. The van der Waals surface area contributed by atoms with E-state index in [9.17, 15) is 19.7 Å². The number of ether oxygens (including phenoxy) is 1. The molecule has 10 heteroatoms. The molecular formula is C31H39N5O5. The second-order valence-electron chi connectivity index (χ2n) is 11.8. The van der Waals surface area contributed by atoms with Crippen molar-refractivity contribution in [2.45, 2.75) is 26.7 Å². The molecule has 2 fully saturated rings. The monoisotopic (exact) mass is 561 g/mol. The second-order valence-corrected chi connectivity index (χ2v) is 11.8. The third-order valence-electron chi connectivity index (χ3n) is 9.26. The maximum Gasteiger partial charge on any atom is 0.321 e. The number of benzene rings is 2. The highest BCUT2D eigenvalue weighted by Crippen LogP contribution is 2.59. The fraction of sp³-hybridized carbons (Fsp3) is 0.484. The van der Waals surface area contributed by atoms with Crippen molar-refractivity contribution in [3.05, 3.63) is 75.9 Å². The number of non-ortho nitro benzene ring substituents is 1. The summed E-state index contributed by atoms with van der Waals surface area (Å²) in [5.41, 5.74) is 2.84. The van der Waals surface area contributed by atoms with Gasteiger partial charge in [0.2, 0.25) is 0 Å². The lowest BCUT2D eigenvalue weighted by Crippen LogP contribution is -2.52. The van der Waals surface area contributed by atoms with E-state index in [1.807, 2.05) is 29.2 Å². The summed E-state index contributed by atoms with van der Waals surface area (Å²) in [7, 11) is 1.62. The number of nitro groups is 1. The van der Waals surface area contributed by atoms with Gasteiger partial charge in [0.05, 0.1) is 12.0 Å². The predicted octanol–water partition coefficient (Wildman–Crippen LogP) is 4.89. The Balaban J connectivity index is 1.17. The van der Waals surface area contributed by atoms with Gasteiger partial charge in [-0.05, 0) is 66.5 Å². The van der Waals surface area contributed by atoms with Gasteiger partial charge in [0, 0.05) is 69.2 Å². The van der Waals surface area contributed by atoms with Crippen molar-refractivity contribution in [2.75, 3.05) is 58.2 Å². The summed E-state index contributed by atoms with van der Waals surface area (Å²) in [6.07, 6.45) is 4.67. The fourth-order valence-corrected chi connectivity index (χ4v) is 6.35. The van der Waals surface area contributed by atoms with E-state index in [2.05, 4.69) is 30.1 Å². The molecule has 0 radical (unpaired) electrons. The maximum atomic E-state index is 13.7. The smallest absolute Gasteiger partial charge is 0.321 e. The zero-order chi connectivity index (χ0) is 29.1. The van der Waals surface area contributed by atoms with Gasteiger partial charge in [-0.2, -0.15) is 0 Å². The molecule has 2 aromatic carbocycles. The van der Waals surface area contributed by atoms with E-state index in [-0.39, 0.29) is 17.6 Å². The molecule has 0 spiro atoms. The quantitative estimate of drug-likeness (QED) is 0.265. The minimum Gasteiger partial charge on any atom is -0.497 e. The SMILES string of the molecule is COc1ccc(C(=O)N(CCN2CCN(C(=O)Nc3ccc([N+](=O)[O-])cc3)CC2)CC2=CCC3CC2C3(C)C)cc1. The topological polar surface area (TPSA) is 108 Å². The number of anilines is 1. The number of hydrogen-bond donors (Lipinski definition) is 1. The van der Waals surface area contributed by atoms with Crippen LogP contribution in [0.3, 0.4) is 0 Å². The predicted molar refractivity (Wildman–Crippen MR) is 157 cm³/mol. The maximum absolute atomic E-state index is 13.7. The average Bonchev–Trinajstić information content (AvgIpc) is 2.99. The molecule has 1 saturated carbocycles. The molecule has 218 valence electrons. The molecule has 2 unspecified atom stereocenters. The molecule has 4 aliphatic rings. The van der Waals surface area contributed by atoms with E-state index in [0.29, 0.717) is 61.9 Å². The lowest BCUT2D eigenvalue weighted by molar-refractivity contribution is -0.384. The first-order valence-electron chi connectivity index (χ1n) is 14.3. The van der Waals surface area contributed by atoms with Gasteiger partial charge in [0.25, 0.3) is 11.6 Å². The Morgan fingerprint density at radius 3 is 2.34 bits per heavy atom. The first-order chi connectivity index (χ1) is 19.7. The minimum absolute atomic E-state index is 0.0171. The zero-order valence-electron chi connectivity index (χ0n) is 24.0. The number of rotatable bonds is 9. The second kappa shape index (κ2) is 11.9. The number of urea groups is 1. The first-order valence-corrected chi connectivity index (χ1v) is 14.3. The van der Waals surface area contributed by atoms with Gasteiger partial charge in [0.1, 0.15) is 5.75 Å². The Labute approximate surface area is 241 Å². The van der Waals surface area contributed by atoms with Gasteiger partial charge in [-0.3, -0.25) is 19.8 Å². The summed E-state index contributed by atoms with van der Waals surface area (Å²) < 4.78 is 5.27. The van der Waals surface area contributed by atoms with Crippen molar-refractivity contribution in [3.63, 3.8) is 0 Å². The van der Waals surface area contributed by atoms with Crippen molar-refractivity contribution < 1.29 is 19.2 Å². The molecule has 1 saturated heterocycles. The summed E-state index contributed by atoms with van der Waals surface area (Å²) in [6, 6.07) is 12.9. The number of methoxy groups -OCH3 is 1. The van der Waals surface area contributed by atoms with Crippen LogP contribution >= 0.6 is 0 Å². The lowest BCUT2D eigenvalue weighted by atomic mass is 9.49. The van der Waals surface area contributed by atoms with Crippen molar-refractivity contribution in [1.82, 2.24) is 14.7 Å². The largest absolute Gasteiger partial charge is 0.497 e. The molecule has 2 atom stereocenters. The van der Waals surface area contributed by atoms with E-state index in [0.717, 1.165) is 24.6 Å². The van der Waals surface area contributed by atoms with Gasteiger partial charge in [-0.1, -0.05) is 25.5 Å². The minimum atomic E-state index is -0.466. The normalized spacial score (nSPS) is 21.3. The number of nitrogens with one attached hydrogen (secondary N) is 1. The molecule has 3 aliphatic carbocycles. The molecule has 1 N–H and O–H groups in total. The Morgan fingerprint density at radius 2 is 1.76 bits per heavy atom. The number of carbonyl (C=O) groups is 2. The molecule has 41 heavy (non-hydrogen) atoms. The van der Waals surface area contributed by atoms with E-state index >= 15 is 0 Å². The summed E-state index contributed by atoms with van der Waals surface area (Å²) in [5, 5.41) is 13.7. The van der Waals surface area contributed by atoms with Gasteiger partial charge in [0.15, 0.2) is 0 Å². The first kappa shape index (κ1) is 28.6. The molecule has 3 amide bonds. The van der Waals surface area contributed by atoms with E-state index in [4.69, 9.17) is 4.74 Å². The van der Waals surface area contributed by atoms with E-state index in [1.54, 1.807) is 12.0 Å². The van der Waals surface area contributed by atoms with Gasteiger partial charge < -0.3 is 19.9 Å². The van der Waals surface area contributed by atoms with Gasteiger partial charge in [-0.25, -0.2) is 4.79 Å². The molecule has 1 heterocycles. The third-order valence-corrected chi connectivity index (χ3v) is 9.26. The molecule has 2 aromatic rings. The van der Waals surface area contributed by atoms with Gasteiger partial charge in [-0.15, -0.1) is 0 Å². The highest BCUT2D eigenvalue weighted by molar-refractivity contribution is 5.94. The standard InChI is InChI=1S/C31H39N5O5/c1-31(2)24-7-4-23(28(31)20-24)21-35(29(37)22-5-12-27(41-3)13-6-22)19-16-33-14-17-34(18-15-33)30(38)32-25-8-10-26(11-9-25)36(39)40/h4-6,8-13,24,28H,7,14-21H2,1-3H3,(H,32,38). The van der Waals surface area contributed by atoms with Crippen LogP contribution in [0, 0.1) is 27.4 Å². The Hall–Kier alpha value is -3.92. The number of allylic oxidation sites excluding steroid dienone is 1. The number of amides is 3. The Morgan fingerprint density at radius 1 is 1.07 bits per heavy atom. The summed E-state index contributed by atoms with van der Waals surface area (Å²) in [6.45, 7) is 9.22. The molecule has 0 aromatic heterocycles. The zero-order valence-corrected chi connectivity index (χ0v) is 24.0. The van der Waals surface area contributed by atoms with E-state index in [1.165, 1.54) is 36.3 Å². The number of fused-ring (bicyclic) bond motifs is 1. The van der Waals surface area contributed by atoms with Crippen LogP contribution < -0.4 is 10.1 Å². The molecular weight excluding hydrogens is 522 g/mol. The van der Waals surface area contributed by atoms with Crippen LogP contribution in [0.1, 0.15) is 37.0 Å². The molecule has 6 rings (SSSR count). The van der Waals surface area contributed by atoms with Crippen LogP contribution in [0.5, 0.6) is 5.75 Å². The molecule has 1 aliphatic heterocycles. The van der Waals surface area contributed by atoms with Gasteiger partial charge >= 0.3 is 6.03 Å². The van der Waals surface area contributed by atoms with Crippen LogP contribution in [0.15, 0.2) is 60.2 Å². The van der Waals surface area contributed by atoms with Crippen LogP contribution in [-0.2, 0) is 0 Å². The molecule has 10 nitrogen and oxygen atoms in total. The number of piperazine rings is 1. The average molecular weight is 562 g/mol. The Kier molecular flexibility index (Phi) is 8.30. The van der Waals surface area contributed by atoms with Crippen LogP contribution in [0.2, 0.25) is 0 Å². The number of hydrogen-bond acceptors (Lipinski definition) is 6. The van der Waals surface area contributed by atoms with Crippen LogP contribution in [0.25, 0.3) is 0 Å². The third kappa shape index (κ3) is 6.22. The highest BCUT2D eigenvalue weighted by atomic mass is 16.6. The highest BCUT2D eigenvalue weighted by Gasteiger charge is 2.51. The lowest BCUT2D eigenvalue weighted by Gasteiger charge is -2.57. The van der Waals surface area contributed by atoms with Crippen molar-refractivity contribution in [1.29, 1.82) is 0 Å². The summed E-state index contributed by atoms with van der Waals surface area (Å²) >= 11 is 0. The van der Waals surface area contributed by atoms with Crippen molar-refractivity contribution in [3.8, 4) is 5.75 Å². The Bertz CT molecular complexity index is 1300. The van der Waals surface area contributed by atoms with E-state index < -0.39 is 4.92 Å². The molecule has 2 bridgehead atoms. The number of carbonyl (C=O) groups excluding carboxylic acids is 2. The summed E-state index contributed by atoms with van der Waals surface area (Å²) in [4.78, 5) is 42.9. The number of nitrogens with zero attached hydrogens (tertiary/aromatic N) is 4. The van der Waals surface area contributed by atoms with Crippen molar-refractivity contribution in [2.24, 2.45) is 17.3 Å². The van der Waals surface area contributed by atoms with Crippen LogP contribution in [-0.4, -0.2) is 84.5 Å².